The lowest BCUT2D eigenvalue weighted by atomic mass is 10.2. The van der Waals surface area contributed by atoms with Crippen molar-refractivity contribution < 1.29 is 9.90 Å². The van der Waals surface area contributed by atoms with Crippen molar-refractivity contribution in [1.29, 1.82) is 0 Å². The normalized spacial score (nSPS) is 10.1. The minimum Gasteiger partial charge on any atom is -0.508 e. The molecule has 4 nitrogen and oxygen atoms in total. The number of benzene rings is 1. The van der Waals surface area contributed by atoms with Gasteiger partial charge in [0, 0.05) is 18.9 Å². The van der Waals surface area contributed by atoms with Gasteiger partial charge in [-0.1, -0.05) is 12.1 Å². The van der Waals surface area contributed by atoms with Gasteiger partial charge in [0.2, 0.25) is 0 Å². The summed E-state index contributed by atoms with van der Waals surface area (Å²) < 4.78 is 0. The molecule has 4 heteroatoms. The van der Waals surface area contributed by atoms with Crippen molar-refractivity contribution in [3.8, 4) is 5.75 Å². The fourth-order valence-corrected chi connectivity index (χ4v) is 1.58. The van der Waals surface area contributed by atoms with Crippen LogP contribution in [0.5, 0.6) is 5.75 Å². The van der Waals surface area contributed by atoms with Gasteiger partial charge in [0.1, 0.15) is 5.75 Å². The molecular formula is C14H14N2O2. The first-order valence-corrected chi connectivity index (χ1v) is 5.63. The average molecular weight is 242 g/mol. The number of phenolic OH excluding ortho intramolecular Hbond substituents is 1. The summed E-state index contributed by atoms with van der Waals surface area (Å²) in [6.45, 7) is 2.32. The SMILES string of the molecule is Cc1cncc(C(=O)NCc2ccc(O)cc2)c1. The Hall–Kier alpha value is -2.36. The fraction of sp³-hybridized carbons (Fsp3) is 0.143. The number of aromatic hydroxyl groups is 1. The number of nitrogens with one attached hydrogen (secondary N) is 1. The van der Waals surface area contributed by atoms with Gasteiger partial charge >= 0.3 is 0 Å². The third-order valence-electron chi connectivity index (χ3n) is 2.53. The molecule has 1 heterocycles. The Balaban J connectivity index is 1.98. The molecule has 1 aromatic carbocycles. The number of amides is 1. The van der Waals surface area contributed by atoms with Crippen LogP contribution >= 0.6 is 0 Å². The van der Waals surface area contributed by atoms with Crippen LogP contribution in [-0.2, 0) is 6.54 Å². The van der Waals surface area contributed by atoms with Crippen molar-refractivity contribution in [1.82, 2.24) is 10.3 Å². The molecule has 0 aliphatic carbocycles. The lowest BCUT2D eigenvalue weighted by molar-refractivity contribution is 0.0950. The highest BCUT2D eigenvalue weighted by molar-refractivity contribution is 5.93. The maximum absolute atomic E-state index is 11.8. The van der Waals surface area contributed by atoms with Crippen LogP contribution in [0.25, 0.3) is 0 Å². The molecule has 18 heavy (non-hydrogen) atoms. The van der Waals surface area contributed by atoms with E-state index in [2.05, 4.69) is 10.3 Å². The number of phenols is 1. The van der Waals surface area contributed by atoms with Crippen LogP contribution in [0.15, 0.2) is 42.7 Å². The second-order valence-electron chi connectivity index (χ2n) is 4.10. The van der Waals surface area contributed by atoms with Crippen LogP contribution in [-0.4, -0.2) is 16.0 Å². The largest absolute Gasteiger partial charge is 0.508 e. The molecule has 92 valence electrons. The van der Waals surface area contributed by atoms with Gasteiger partial charge in [0.15, 0.2) is 0 Å². The third-order valence-corrected chi connectivity index (χ3v) is 2.53. The van der Waals surface area contributed by atoms with Gasteiger partial charge < -0.3 is 10.4 Å². The standard InChI is InChI=1S/C14H14N2O2/c1-10-6-12(9-15-7-10)14(18)16-8-11-2-4-13(17)5-3-11/h2-7,9,17H,8H2,1H3,(H,16,18). The predicted molar refractivity (Wildman–Crippen MR) is 68.3 cm³/mol. The zero-order chi connectivity index (χ0) is 13.0. The van der Waals surface area contributed by atoms with Gasteiger partial charge in [0.05, 0.1) is 5.56 Å². The third kappa shape index (κ3) is 3.07. The first-order valence-electron chi connectivity index (χ1n) is 5.63. The Labute approximate surface area is 105 Å². The Morgan fingerprint density at radius 3 is 2.67 bits per heavy atom. The maximum Gasteiger partial charge on any atom is 0.253 e. The van der Waals surface area contributed by atoms with Crippen LogP contribution < -0.4 is 5.32 Å². The van der Waals surface area contributed by atoms with Crippen LogP contribution in [0.1, 0.15) is 21.5 Å². The molecule has 2 rings (SSSR count). The highest BCUT2D eigenvalue weighted by Crippen LogP contribution is 2.09. The van der Waals surface area contributed by atoms with Gasteiger partial charge in [-0.25, -0.2) is 0 Å². The minimum absolute atomic E-state index is 0.153. The molecule has 0 aliphatic heterocycles. The van der Waals surface area contributed by atoms with E-state index in [0.29, 0.717) is 12.1 Å². The van der Waals surface area contributed by atoms with E-state index in [1.165, 1.54) is 0 Å². The van der Waals surface area contributed by atoms with Crippen LogP contribution in [0, 0.1) is 6.92 Å². The van der Waals surface area contributed by atoms with Crippen molar-refractivity contribution in [3.05, 3.63) is 59.4 Å². The van der Waals surface area contributed by atoms with Gasteiger partial charge in [-0.2, -0.15) is 0 Å². The number of pyridine rings is 1. The molecule has 0 saturated carbocycles. The number of carbonyl (C=O) groups excluding carboxylic acids is 1. The van der Waals surface area contributed by atoms with Gasteiger partial charge in [-0.15, -0.1) is 0 Å². The maximum atomic E-state index is 11.8. The molecule has 0 spiro atoms. The molecule has 0 aliphatic rings. The van der Waals surface area contributed by atoms with Crippen LogP contribution in [0.2, 0.25) is 0 Å². The Bertz CT molecular complexity index is 550. The van der Waals surface area contributed by atoms with E-state index in [-0.39, 0.29) is 11.7 Å². The van der Waals surface area contributed by atoms with E-state index in [4.69, 9.17) is 5.11 Å². The Morgan fingerprint density at radius 2 is 2.00 bits per heavy atom. The van der Waals surface area contributed by atoms with Crippen molar-refractivity contribution in [3.63, 3.8) is 0 Å². The van der Waals surface area contributed by atoms with E-state index in [1.807, 2.05) is 6.92 Å². The number of hydrogen-bond acceptors (Lipinski definition) is 3. The lowest BCUT2D eigenvalue weighted by Gasteiger charge is -2.05. The summed E-state index contributed by atoms with van der Waals surface area (Å²) in [5.41, 5.74) is 2.43. The van der Waals surface area contributed by atoms with E-state index >= 15 is 0 Å². The van der Waals surface area contributed by atoms with Gasteiger partial charge in [0.25, 0.3) is 5.91 Å². The Kier molecular flexibility index (Phi) is 3.57. The first kappa shape index (κ1) is 12.1. The zero-order valence-corrected chi connectivity index (χ0v) is 10.1. The summed E-state index contributed by atoms with van der Waals surface area (Å²) >= 11 is 0. The van der Waals surface area contributed by atoms with E-state index in [9.17, 15) is 4.79 Å². The number of hydrogen-bond donors (Lipinski definition) is 2. The van der Waals surface area contributed by atoms with E-state index in [0.717, 1.165) is 11.1 Å². The smallest absolute Gasteiger partial charge is 0.253 e. The summed E-state index contributed by atoms with van der Waals surface area (Å²) in [4.78, 5) is 15.8. The van der Waals surface area contributed by atoms with E-state index < -0.39 is 0 Å². The molecule has 0 fully saturated rings. The summed E-state index contributed by atoms with van der Waals surface area (Å²) in [6, 6.07) is 8.51. The summed E-state index contributed by atoms with van der Waals surface area (Å²) in [5, 5.41) is 11.9. The summed E-state index contributed by atoms with van der Waals surface area (Å²) in [6.07, 6.45) is 3.25. The van der Waals surface area contributed by atoms with E-state index in [1.54, 1.807) is 42.7 Å². The second-order valence-corrected chi connectivity index (χ2v) is 4.10. The van der Waals surface area contributed by atoms with Crippen LogP contribution in [0.3, 0.4) is 0 Å². The Morgan fingerprint density at radius 1 is 1.28 bits per heavy atom. The van der Waals surface area contributed by atoms with Gasteiger partial charge in [-0.05, 0) is 36.2 Å². The molecule has 0 bridgehead atoms. The molecule has 1 amide bonds. The van der Waals surface area contributed by atoms with Crippen LogP contribution in [0.4, 0.5) is 0 Å². The molecule has 0 radical (unpaired) electrons. The molecular weight excluding hydrogens is 228 g/mol. The molecule has 2 N–H and O–H groups in total. The van der Waals surface area contributed by atoms with Gasteiger partial charge in [-0.3, -0.25) is 9.78 Å². The minimum atomic E-state index is -0.153. The molecule has 0 atom stereocenters. The molecule has 2 aromatic rings. The average Bonchev–Trinajstić information content (AvgIpc) is 2.38. The predicted octanol–water partition coefficient (Wildman–Crippen LogP) is 2.03. The van der Waals surface area contributed by atoms with Crippen molar-refractivity contribution >= 4 is 5.91 Å². The molecule has 0 unspecified atom stereocenters. The highest BCUT2D eigenvalue weighted by Gasteiger charge is 2.05. The second kappa shape index (κ2) is 5.31. The van der Waals surface area contributed by atoms with Crippen molar-refractivity contribution in [2.24, 2.45) is 0 Å². The monoisotopic (exact) mass is 242 g/mol. The summed E-state index contributed by atoms with van der Waals surface area (Å²) in [5.74, 6) is 0.0623. The number of carbonyl (C=O) groups is 1. The quantitative estimate of drug-likeness (QED) is 0.865. The lowest BCUT2D eigenvalue weighted by Crippen LogP contribution is -2.22. The highest BCUT2D eigenvalue weighted by atomic mass is 16.3. The topological polar surface area (TPSA) is 62.2 Å². The zero-order valence-electron chi connectivity index (χ0n) is 10.1. The number of rotatable bonds is 3. The van der Waals surface area contributed by atoms with Crippen molar-refractivity contribution in [2.45, 2.75) is 13.5 Å². The summed E-state index contributed by atoms with van der Waals surface area (Å²) in [7, 11) is 0. The molecule has 1 aromatic heterocycles. The number of aryl methyl sites for hydroxylation is 1. The fourth-order valence-electron chi connectivity index (χ4n) is 1.58. The number of nitrogens with zero attached hydrogens (tertiary/aromatic N) is 1. The number of aromatic nitrogens is 1. The molecule has 0 saturated heterocycles. The van der Waals surface area contributed by atoms with Crippen molar-refractivity contribution in [2.75, 3.05) is 0 Å². The first-order chi connectivity index (χ1) is 8.65.